The summed E-state index contributed by atoms with van der Waals surface area (Å²) in [6, 6.07) is 8.85. The smallest absolute Gasteiger partial charge is 0.244 e. The van der Waals surface area contributed by atoms with Gasteiger partial charge in [-0.2, -0.15) is 4.31 Å². The number of rotatable bonds is 6. The Labute approximate surface area is 205 Å². The molecule has 1 amide bonds. The Morgan fingerprint density at radius 2 is 1.85 bits per heavy atom. The minimum atomic E-state index is -4.00. The molecule has 0 N–H and O–H groups in total. The second kappa shape index (κ2) is 9.88. The molecule has 3 heterocycles. The lowest BCUT2D eigenvalue weighted by Gasteiger charge is -2.41. The van der Waals surface area contributed by atoms with Crippen LogP contribution in [0.15, 0.2) is 47.5 Å². The first-order valence-corrected chi connectivity index (χ1v) is 13.2. The molecular formula is C23H28Cl2N4O3S. The number of hydrogen-bond acceptors (Lipinski definition) is 5. The van der Waals surface area contributed by atoms with Crippen molar-refractivity contribution in [2.75, 3.05) is 27.2 Å². The number of carbonyl (C=O) groups is 1. The fourth-order valence-electron chi connectivity index (χ4n) is 5.01. The fraction of sp³-hybridized carbons (Fsp3) is 0.478. The Kier molecular flexibility index (Phi) is 7.31. The van der Waals surface area contributed by atoms with Crippen LogP contribution in [0.2, 0.25) is 10.0 Å². The molecule has 0 aliphatic carbocycles. The quantitative estimate of drug-likeness (QED) is 0.594. The van der Waals surface area contributed by atoms with Gasteiger partial charge >= 0.3 is 0 Å². The van der Waals surface area contributed by atoms with Crippen LogP contribution in [0.4, 0.5) is 0 Å². The molecule has 2 saturated heterocycles. The van der Waals surface area contributed by atoms with Crippen molar-refractivity contribution in [3.05, 3.63) is 58.3 Å². The van der Waals surface area contributed by atoms with Gasteiger partial charge in [-0.3, -0.25) is 9.78 Å². The molecule has 2 bridgehead atoms. The van der Waals surface area contributed by atoms with Crippen molar-refractivity contribution in [1.82, 2.24) is 19.1 Å². The Bertz CT molecular complexity index is 1090. The molecule has 1 aromatic carbocycles. The zero-order valence-corrected chi connectivity index (χ0v) is 21.0. The van der Waals surface area contributed by atoms with E-state index in [1.165, 1.54) is 22.5 Å². The average molecular weight is 511 g/mol. The van der Waals surface area contributed by atoms with E-state index in [0.29, 0.717) is 32.5 Å². The van der Waals surface area contributed by atoms with E-state index in [-0.39, 0.29) is 32.8 Å². The first-order valence-electron chi connectivity index (χ1n) is 11.0. The van der Waals surface area contributed by atoms with Crippen molar-refractivity contribution in [3.8, 4) is 0 Å². The van der Waals surface area contributed by atoms with Gasteiger partial charge in [0.05, 0.1) is 17.1 Å². The molecule has 4 rings (SSSR count). The number of carbonyl (C=O) groups excluding carboxylic acids is 1. The van der Waals surface area contributed by atoms with Crippen LogP contribution in [0.25, 0.3) is 0 Å². The minimum absolute atomic E-state index is 0.0199. The fourth-order valence-corrected chi connectivity index (χ4v) is 7.63. The number of pyridine rings is 1. The summed E-state index contributed by atoms with van der Waals surface area (Å²) in [6.45, 7) is 1.48. The van der Waals surface area contributed by atoms with E-state index in [9.17, 15) is 13.2 Å². The first kappa shape index (κ1) is 24.4. The topological polar surface area (TPSA) is 73.8 Å². The molecule has 2 aromatic rings. The highest BCUT2D eigenvalue weighted by molar-refractivity contribution is 7.89. The molecule has 178 valence electrons. The van der Waals surface area contributed by atoms with Gasteiger partial charge < -0.3 is 9.80 Å². The molecule has 10 heteroatoms. The number of sulfonamides is 1. The van der Waals surface area contributed by atoms with Crippen LogP contribution in [0.1, 0.15) is 25.0 Å². The zero-order chi connectivity index (χ0) is 23.8. The number of hydrogen-bond donors (Lipinski definition) is 0. The predicted octanol–water partition coefficient (Wildman–Crippen LogP) is 3.52. The summed E-state index contributed by atoms with van der Waals surface area (Å²) in [4.78, 5) is 22.0. The van der Waals surface area contributed by atoms with Gasteiger partial charge in [0.25, 0.3) is 0 Å². The Balaban J connectivity index is 1.77. The average Bonchev–Trinajstić information content (AvgIpc) is 2.82. The van der Waals surface area contributed by atoms with Crippen molar-refractivity contribution < 1.29 is 13.2 Å². The number of fused-ring (bicyclic) bond motifs is 2. The van der Waals surface area contributed by atoms with E-state index in [4.69, 9.17) is 23.2 Å². The van der Waals surface area contributed by atoms with Gasteiger partial charge in [-0.05, 0) is 63.7 Å². The number of aromatic nitrogens is 1. The second-order valence-corrected chi connectivity index (χ2v) is 11.7. The normalized spacial score (nSPS) is 24.2. The molecule has 2 unspecified atom stereocenters. The van der Waals surface area contributed by atoms with Crippen LogP contribution in [-0.2, 0) is 21.4 Å². The standard InChI is InChI=1S/C23H28Cl2N4O3S/c1-27(2)13-16-14-28(15-19-6-3-4-9-26-19)23(30)22-8-5-7-21(16)29(22)33(31,32)20-11-17(24)10-18(25)12-20/h3-4,6,9-12,16,21-22H,5,7-8,13-15H2,1-2H3/t16-,21?,22?/m0/s1. The van der Waals surface area contributed by atoms with Gasteiger partial charge in [0.2, 0.25) is 15.9 Å². The van der Waals surface area contributed by atoms with Crippen molar-refractivity contribution in [3.63, 3.8) is 0 Å². The molecule has 1 aromatic heterocycles. The number of nitrogens with zero attached hydrogens (tertiary/aromatic N) is 4. The van der Waals surface area contributed by atoms with Crippen molar-refractivity contribution in [1.29, 1.82) is 0 Å². The van der Waals surface area contributed by atoms with Crippen molar-refractivity contribution >= 4 is 39.1 Å². The lowest BCUT2D eigenvalue weighted by atomic mass is 9.90. The second-order valence-electron chi connectivity index (χ2n) is 9.02. The zero-order valence-electron chi connectivity index (χ0n) is 18.7. The van der Waals surface area contributed by atoms with Crippen LogP contribution in [0.5, 0.6) is 0 Å². The maximum Gasteiger partial charge on any atom is 0.244 e. The molecule has 0 saturated carbocycles. The van der Waals surface area contributed by atoms with Crippen LogP contribution < -0.4 is 0 Å². The minimum Gasteiger partial charge on any atom is -0.335 e. The SMILES string of the molecule is CN(C)C[C@H]1CN(Cc2ccccn2)C(=O)C2CCCC1N2S(=O)(=O)c1cc(Cl)cc(Cl)c1. The summed E-state index contributed by atoms with van der Waals surface area (Å²) < 4.78 is 29.3. The van der Waals surface area contributed by atoms with Gasteiger partial charge in [0.15, 0.2) is 0 Å². The molecular weight excluding hydrogens is 483 g/mol. The summed E-state index contributed by atoms with van der Waals surface area (Å²) in [5.41, 5.74) is 0.780. The van der Waals surface area contributed by atoms with E-state index in [1.54, 1.807) is 11.1 Å². The number of benzene rings is 1. The molecule has 2 fully saturated rings. The van der Waals surface area contributed by atoms with Crippen LogP contribution in [0.3, 0.4) is 0 Å². The van der Waals surface area contributed by atoms with E-state index in [1.807, 2.05) is 37.2 Å². The molecule has 33 heavy (non-hydrogen) atoms. The van der Waals surface area contributed by atoms with E-state index >= 15 is 0 Å². The first-order chi connectivity index (χ1) is 15.7. The summed E-state index contributed by atoms with van der Waals surface area (Å²) in [5, 5.41) is 0.489. The highest BCUT2D eigenvalue weighted by atomic mass is 35.5. The van der Waals surface area contributed by atoms with E-state index < -0.39 is 16.1 Å². The van der Waals surface area contributed by atoms with E-state index in [0.717, 1.165) is 12.1 Å². The van der Waals surface area contributed by atoms with Gasteiger partial charge in [-0.1, -0.05) is 29.3 Å². The molecule has 2 aliphatic rings. The van der Waals surface area contributed by atoms with Gasteiger partial charge in [0, 0.05) is 41.3 Å². The Hall–Kier alpha value is -1.71. The van der Waals surface area contributed by atoms with Crippen molar-refractivity contribution in [2.45, 2.75) is 42.8 Å². The molecule has 0 radical (unpaired) electrons. The van der Waals surface area contributed by atoms with Gasteiger partial charge in [-0.25, -0.2) is 8.42 Å². The van der Waals surface area contributed by atoms with Gasteiger partial charge in [0.1, 0.15) is 6.04 Å². The van der Waals surface area contributed by atoms with Crippen molar-refractivity contribution in [2.24, 2.45) is 5.92 Å². The lowest BCUT2D eigenvalue weighted by Crippen LogP contribution is -2.55. The number of halogens is 2. The Morgan fingerprint density at radius 3 is 2.48 bits per heavy atom. The summed E-state index contributed by atoms with van der Waals surface area (Å²) >= 11 is 12.3. The predicted molar refractivity (Wildman–Crippen MR) is 129 cm³/mol. The van der Waals surface area contributed by atoms with Gasteiger partial charge in [-0.15, -0.1) is 0 Å². The summed E-state index contributed by atoms with van der Waals surface area (Å²) in [7, 11) is -0.0767. The lowest BCUT2D eigenvalue weighted by molar-refractivity contribution is -0.135. The van der Waals surface area contributed by atoms with E-state index in [2.05, 4.69) is 4.98 Å². The molecule has 0 spiro atoms. The third-order valence-electron chi connectivity index (χ3n) is 6.30. The highest BCUT2D eigenvalue weighted by Crippen LogP contribution is 2.38. The maximum absolute atomic E-state index is 13.9. The maximum atomic E-state index is 13.9. The third kappa shape index (κ3) is 5.20. The van der Waals surface area contributed by atoms with Crippen LogP contribution >= 0.6 is 23.2 Å². The molecule has 2 aliphatic heterocycles. The monoisotopic (exact) mass is 510 g/mol. The Morgan fingerprint density at radius 1 is 1.12 bits per heavy atom. The van der Waals surface area contributed by atoms with Crippen LogP contribution in [0, 0.1) is 5.92 Å². The highest BCUT2D eigenvalue weighted by Gasteiger charge is 2.50. The molecule has 7 nitrogen and oxygen atoms in total. The molecule has 3 atom stereocenters. The summed E-state index contributed by atoms with van der Waals surface area (Å²) in [6.07, 6.45) is 3.68. The van der Waals surface area contributed by atoms with Crippen LogP contribution in [-0.4, -0.2) is 72.7 Å². The largest absolute Gasteiger partial charge is 0.335 e. The number of amides is 1. The number of piperidine rings is 1. The summed E-state index contributed by atoms with van der Waals surface area (Å²) in [5.74, 6) is -0.231. The third-order valence-corrected chi connectivity index (χ3v) is 8.65.